The number of fused-ring (bicyclic) bond motifs is 1. The van der Waals surface area contributed by atoms with Crippen molar-refractivity contribution < 1.29 is 14.0 Å². The number of rotatable bonds is 2. The minimum Gasteiger partial charge on any atom is -0.454 e. The molecule has 0 amide bonds. The summed E-state index contributed by atoms with van der Waals surface area (Å²) in [4.78, 5) is 4.43. The van der Waals surface area contributed by atoms with Crippen molar-refractivity contribution in [2.24, 2.45) is 0 Å². The number of ether oxygens (including phenoxy) is 2. The lowest BCUT2D eigenvalue weighted by Gasteiger charge is -2.03. The van der Waals surface area contributed by atoms with Gasteiger partial charge in [0.05, 0.1) is 10.6 Å². The van der Waals surface area contributed by atoms with E-state index in [4.69, 9.17) is 19.7 Å². The Bertz CT molecular complexity index is 825. The van der Waals surface area contributed by atoms with E-state index < -0.39 is 0 Å². The van der Waals surface area contributed by atoms with Crippen LogP contribution in [0.3, 0.4) is 0 Å². The van der Waals surface area contributed by atoms with Gasteiger partial charge < -0.3 is 19.7 Å². The van der Waals surface area contributed by atoms with Gasteiger partial charge >= 0.3 is 0 Å². The van der Waals surface area contributed by atoms with Crippen molar-refractivity contribution in [3.05, 3.63) is 28.6 Å². The number of thiazole rings is 1. The van der Waals surface area contributed by atoms with Crippen LogP contribution in [0, 0.1) is 6.92 Å². The Labute approximate surface area is 124 Å². The molecule has 0 aliphatic carbocycles. The first-order valence-electron chi connectivity index (χ1n) is 6.30. The Balaban J connectivity index is 1.87. The molecule has 2 aromatic heterocycles. The van der Waals surface area contributed by atoms with Crippen LogP contribution in [0.5, 0.6) is 11.5 Å². The summed E-state index contributed by atoms with van der Waals surface area (Å²) in [6.07, 6.45) is 0. The Morgan fingerprint density at radius 1 is 1.24 bits per heavy atom. The molecule has 1 aliphatic rings. The number of hydrogen-bond acceptors (Lipinski definition) is 7. The summed E-state index contributed by atoms with van der Waals surface area (Å²) >= 11 is 1.55. The van der Waals surface area contributed by atoms with Gasteiger partial charge in [-0.3, -0.25) is 0 Å². The summed E-state index contributed by atoms with van der Waals surface area (Å²) in [5.74, 6) is 2.30. The van der Waals surface area contributed by atoms with Gasteiger partial charge in [-0.25, -0.2) is 4.98 Å². The van der Waals surface area contributed by atoms with Gasteiger partial charge in [0, 0.05) is 5.38 Å². The highest BCUT2D eigenvalue weighted by atomic mass is 32.1. The lowest BCUT2D eigenvalue weighted by Crippen LogP contribution is -1.93. The highest BCUT2D eigenvalue weighted by molar-refractivity contribution is 7.09. The molecule has 0 radical (unpaired) electrons. The molecule has 7 heteroatoms. The van der Waals surface area contributed by atoms with E-state index >= 15 is 0 Å². The van der Waals surface area contributed by atoms with E-state index in [1.54, 1.807) is 11.3 Å². The highest BCUT2D eigenvalue weighted by Crippen LogP contribution is 2.41. The number of anilines is 1. The summed E-state index contributed by atoms with van der Waals surface area (Å²) < 4.78 is 16.1. The first-order chi connectivity index (χ1) is 10.2. The van der Waals surface area contributed by atoms with Crippen LogP contribution in [0.2, 0.25) is 0 Å². The van der Waals surface area contributed by atoms with Gasteiger partial charge in [-0.15, -0.1) is 11.3 Å². The van der Waals surface area contributed by atoms with E-state index in [1.807, 2.05) is 30.5 Å². The molecule has 2 N–H and O–H groups in total. The largest absolute Gasteiger partial charge is 0.454 e. The zero-order chi connectivity index (χ0) is 14.4. The fraction of sp³-hybridized carbons (Fsp3) is 0.143. The van der Waals surface area contributed by atoms with E-state index in [2.05, 4.69) is 10.1 Å². The zero-order valence-electron chi connectivity index (χ0n) is 11.1. The predicted octanol–water partition coefficient (Wildman–Crippen LogP) is 3.08. The number of benzene rings is 1. The fourth-order valence-corrected chi connectivity index (χ4v) is 2.87. The molecule has 0 unspecified atom stereocenters. The van der Waals surface area contributed by atoms with Gasteiger partial charge in [-0.1, -0.05) is 11.2 Å². The van der Waals surface area contributed by atoms with Crippen LogP contribution in [0.1, 0.15) is 5.01 Å². The van der Waals surface area contributed by atoms with Crippen molar-refractivity contribution in [2.45, 2.75) is 6.92 Å². The molecule has 3 aromatic rings. The molecule has 0 bridgehead atoms. The molecule has 6 nitrogen and oxygen atoms in total. The summed E-state index contributed by atoms with van der Waals surface area (Å²) in [5, 5.41) is 6.75. The van der Waals surface area contributed by atoms with Crippen LogP contribution >= 0.6 is 11.3 Å². The average molecular weight is 301 g/mol. The summed E-state index contributed by atoms with van der Waals surface area (Å²) in [7, 11) is 0. The fourth-order valence-electron chi connectivity index (χ4n) is 2.28. The third-order valence-corrected chi connectivity index (χ3v) is 4.00. The molecule has 0 saturated carbocycles. The number of nitrogens with zero attached hydrogens (tertiary/aromatic N) is 2. The predicted molar refractivity (Wildman–Crippen MR) is 78.3 cm³/mol. The molecular formula is C14H11N3O3S. The molecular weight excluding hydrogens is 290 g/mol. The molecule has 0 fully saturated rings. The second kappa shape index (κ2) is 4.49. The minimum absolute atomic E-state index is 0.232. The number of nitrogens with two attached hydrogens (primary N) is 1. The van der Waals surface area contributed by atoms with Gasteiger partial charge in [0.1, 0.15) is 5.69 Å². The molecule has 1 aliphatic heterocycles. The Kier molecular flexibility index (Phi) is 2.61. The summed E-state index contributed by atoms with van der Waals surface area (Å²) in [6, 6.07) is 5.62. The van der Waals surface area contributed by atoms with Crippen molar-refractivity contribution in [3.8, 4) is 34.1 Å². The Hall–Kier alpha value is -2.54. The topological polar surface area (TPSA) is 83.4 Å². The average Bonchev–Trinajstić information content (AvgIpc) is 3.17. The van der Waals surface area contributed by atoms with Crippen molar-refractivity contribution in [1.29, 1.82) is 0 Å². The van der Waals surface area contributed by atoms with Gasteiger partial charge in [0.2, 0.25) is 6.79 Å². The Morgan fingerprint density at radius 2 is 2.10 bits per heavy atom. The van der Waals surface area contributed by atoms with E-state index in [0.717, 1.165) is 27.6 Å². The first-order valence-corrected chi connectivity index (χ1v) is 7.18. The highest BCUT2D eigenvalue weighted by Gasteiger charge is 2.22. The molecule has 1 aromatic carbocycles. The lowest BCUT2D eigenvalue weighted by atomic mass is 10.0. The second-order valence-electron chi connectivity index (χ2n) is 4.59. The minimum atomic E-state index is 0.232. The van der Waals surface area contributed by atoms with E-state index in [-0.39, 0.29) is 6.79 Å². The maximum absolute atomic E-state index is 5.96. The monoisotopic (exact) mass is 301 g/mol. The van der Waals surface area contributed by atoms with Crippen LogP contribution in [0.15, 0.2) is 28.1 Å². The number of aryl methyl sites for hydroxylation is 1. The smallest absolute Gasteiger partial charge is 0.231 e. The van der Waals surface area contributed by atoms with Crippen molar-refractivity contribution in [2.75, 3.05) is 12.5 Å². The third-order valence-electron chi connectivity index (χ3n) is 3.23. The van der Waals surface area contributed by atoms with Crippen LogP contribution in [-0.4, -0.2) is 16.9 Å². The number of aromatic nitrogens is 2. The van der Waals surface area contributed by atoms with Gasteiger partial charge in [-0.2, -0.15) is 0 Å². The normalized spacial score (nSPS) is 12.8. The SMILES string of the molecule is Cc1nc(-c2onc(N)c2-c2ccc3c(c2)OCO3)cs1. The Morgan fingerprint density at radius 3 is 2.90 bits per heavy atom. The molecule has 106 valence electrons. The van der Waals surface area contributed by atoms with Crippen LogP contribution < -0.4 is 15.2 Å². The van der Waals surface area contributed by atoms with Gasteiger partial charge in [0.15, 0.2) is 23.1 Å². The maximum Gasteiger partial charge on any atom is 0.231 e. The van der Waals surface area contributed by atoms with Crippen LogP contribution in [0.25, 0.3) is 22.6 Å². The second-order valence-corrected chi connectivity index (χ2v) is 5.65. The van der Waals surface area contributed by atoms with E-state index in [9.17, 15) is 0 Å². The van der Waals surface area contributed by atoms with Gasteiger partial charge in [-0.05, 0) is 24.6 Å². The molecule has 21 heavy (non-hydrogen) atoms. The van der Waals surface area contributed by atoms with Crippen molar-refractivity contribution >= 4 is 17.2 Å². The zero-order valence-corrected chi connectivity index (χ0v) is 11.9. The third kappa shape index (κ3) is 1.93. The standard InChI is InChI=1S/C14H11N3O3S/c1-7-16-9(5-21-7)13-12(14(15)17-20-13)8-2-3-10-11(4-8)19-6-18-10/h2-5H,6H2,1H3,(H2,15,17). The van der Waals surface area contributed by atoms with Gasteiger partial charge in [0.25, 0.3) is 0 Å². The molecule has 4 rings (SSSR count). The molecule has 0 spiro atoms. The molecule has 3 heterocycles. The number of nitrogen functional groups attached to an aromatic ring is 1. The van der Waals surface area contributed by atoms with Crippen molar-refractivity contribution in [1.82, 2.24) is 10.1 Å². The maximum atomic E-state index is 5.96. The van der Waals surface area contributed by atoms with Crippen molar-refractivity contribution in [3.63, 3.8) is 0 Å². The first kappa shape index (κ1) is 12.2. The molecule has 0 atom stereocenters. The number of hydrogen-bond donors (Lipinski definition) is 1. The van der Waals surface area contributed by atoms with E-state index in [0.29, 0.717) is 17.3 Å². The lowest BCUT2D eigenvalue weighted by molar-refractivity contribution is 0.174. The van der Waals surface area contributed by atoms with Crippen LogP contribution in [0.4, 0.5) is 5.82 Å². The molecule has 0 saturated heterocycles. The quantitative estimate of drug-likeness (QED) is 0.783. The summed E-state index contributed by atoms with van der Waals surface area (Å²) in [5.41, 5.74) is 8.27. The van der Waals surface area contributed by atoms with Crippen LogP contribution in [-0.2, 0) is 0 Å². The van der Waals surface area contributed by atoms with E-state index in [1.165, 1.54) is 0 Å². The summed E-state index contributed by atoms with van der Waals surface area (Å²) in [6.45, 7) is 2.17.